The first-order valence-electron chi connectivity index (χ1n) is 11.2. The lowest BCUT2D eigenvalue weighted by molar-refractivity contribution is 0.102. The minimum absolute atomic E-state index is 0.162. The Morgan fingerprint density at radius 1 is 0.941 bits per heavy atom. The summed E-state index contributed by atoms with van der Waals surface area (Å²) in [6, 6.07) is 15.1. The third-order valence-corrected chi connectivity index (χ3v) is 5.46. The van der Waals surface area contributed by atoms with Gasteiger partial charge in [0.2, 0.25) is 5.95 Å². The van der Waals surface area contributed by atoms with E-state index in [-0.39, 0.29) is 5.91 Å². The Morgan fingerprint density at radius 2 is 1.79 bits per heavy atom. The van der Waals surface area contributed by atoms with E-state index >= 15 is 0 Å². The minimum Gasteiger partial charge on any atom is -0.372 e. The van der Waals surface area contributed by atoms with Crippen LogP contribution in [0.4, 0.5) is 23.0 Å². The molecule has 2 aromatic heterocycles. The van der Waals surface area contributed by atoms with Gasteiger partial charge in [-0.15, -0.1) is 0 Å². The first-order valence-corrected chi connectivity index (χ1v) is 11.2. The molecule has 1 amide bonds. The van der Waals surface area contributed by atoms with Crippen molar-refractivity contribution in [3.05, 3.63) is 84.4 Å². The van der Waals surface area contributed by atoms with Crippen molar-refractivity contribution in [1.82, 2.24) is 19.9 Å². The molecule has 2 N–H and O–H groups in total. The van der Waals surface area contributed by atoms with Crippen molar-refractivity contribution in [2.75, 3.05) is 28.6 Å². The predicted octanol–water partition coefficient (Wildman–Crippen LogP) is 5.08. The van der Waals surface area contributed by atoms with Crippen LogP contribution in [0.3, 0.4) is 0 Å². The number of benzene rings is 2. The topological polar surface area (TPSA) is 95.9 Å². The number of hydrogen-bond donors (Lipinski definition) is 2. The summed E-state index contributed by atoms with van der Waals surface area (Å²) in [4.78, 5) is 32.4. The maximum atomic E-state index is 12.9. The van der Waals surface area contributed by atoms with E-state index in [9.17, 15) is 4.79 Å². The van der Waals surface area contributed by atoms with Crippen molar-refractivity contribution >= 4 is 28.9 Å². The quantitative estimate of drug-likeness (QED) is 0.384. The van der Waals surface area contributed by atoms with E-state index in [0.29, 0.717) is 28.6 Å². The molecule has 2 aromatic carbocycles. The molecule has 34 heavy (non-hydrogen) atoms. The fraction of sp³-hybridized carbons (Fsp3) is 0.192. The van der Waals surface area contributed by atoms with Crippen molar-refractivity contribution in [2.24, 2.45) is 0 Å². The summed E-state index contributed by atoms with van der Waals surface area (Å²) >= 11 is 0. The third kappa shape index (κ3) is 5.35. The standard InChI is InChI=1S/C26H27N7O/c1-4-33(5-2)21-8-6-7-19(15-21)25(34)30-20-10-9-18(3)23(16-20)32-26-29-12-11-22(31-26)24-17-27-13-14-28-24/h6-17H,4-5H2,1-3H3,(H,30,34)(H,29,31,32). The molecule has 0 radical (unpaired) electrons. The Labute approximate surface area is 199 Å². The molecule has 0 saturated carbocycles. The van der Waals surface area contributed by atoms with Gasteiger partial charge in [0.05, 0.1) is 11.9 Å². The highest BCUT2D eigenvalue weighted by Crippen LogP contribution is 2.25. The number of amides is 1. The van der Waals surface area contributed by atoms with E-state index < -0.39 is 0 Å². The van der Waals surface area contributed by atoms with Crippen LogP contribution < -0.4 is 15.5 Å². The van der Waals surface area contributed by atoms with Crippen molar-refractivity contribution in [3.8, 4) is 11.4 Å². The molecule has 0 fully saturated rings. The molecule has 0 saturated heterocycles. The number of hydrogen-bond acceptors (Lipinski definition) is 7. The molecule has 4 rings (SSSR count). The van der Waals surface area contributed by atoms with Crippen LogP contribution in [0.1, 0.15) is 29.8 Å². The van der Waals surface area contributed by atoms with Gasteiger partial charge in [0, 0.05) is 54.3 Å². The van der Waals surface area contributed by atoms with E-state index in [1.807, 2.05) is 49.4 Å². The lowest BCUT2D eigenvalue weighted by Crippen LogP contribution is -2.22. The van der Waals surface area contributed by atoms with Gasteiger partial charge in [0.25, 0.3) is 5.91 Å². The van der Waals surface area contributed by atoms with Gasteiger partial charge in [-0.25, -0.2) is 9.97 Å². The van der Waals surface area contributed by atoms with Crippen molar-refractivity contribution in [3.63, 3.8) is 0 Å². The average Bonchev–Trinajstić information content (AvgIpc) is 2.88. The zero-order chi connectivity index (χ0) is 23.9. The largest absolute Gasteiger partial charge is 0.372 e. The van der Waals surface area contributed by atoms with E-state index in [1.54, 1.807) is 30.9 Å². The van der Waals surface area contributed by atoms with Gasteiger partial charge in [-0.3, -0.25) is 14.8 Å². The number of carbonyl (C=O) groups is 1. The predicted molar refractivity (Wildman–Crippen MR) is 135 cm³/mol. The Bertz CT molecular complexity index is 1270. The van der Waals surface area contributed by atoms with Crippen LogP contribution in [0, 0.1) is 6.92 Å². The van der Waals surface area contributed by atoms with Gasteiger partial charge in [-0.1, -0.05) is 12.1 Å². The summed E-state index contributed by atoms with van der Waals surface area (Å²) < 4.78 is 0. The average molecular weight is 454 g/mol. The zero-order valence-corrected chi connectivity index (χ0v) is 19.5. The van der Waals surface area contributed by atoms with Gasteiger partial charge in [-0.05, 0) is 62.7 Å². The Balaban J connectivity index is 1.52. The normalized spacial score (nSPS) is 10.6. The lowest BCUT2D eigenvalue weighted by atomic mass is 10.1. The number of aryl methyl sites for hydroxylation is 1. The minimum atomic E-state index is -0.162. The summed E-state index contributed by atoms with van der Waals surface area (Å²) in [7, 11) is 0. The molecule has 8 heteroatoms. The fourth-order valence-corrected chi connectivity index (χ4v) is 3.58. The summed E-state index contributed by atoms with van der Waals surface area (Å²) in [5.74, 6) is 0.270. The smallest absolute Gasteiger partial charge is 0.255 e. The van der Waals surface area contributed by atoms with Crippen molar-refractivity contribution < 1.29 is 4.79 Å². The molecule has 4 aromatic rings. The molecule has 8 nitrogen and oxygen atoms in total. The van der Waals surface area contributed by atoms with Gasteiger partial charge in [0.15, 0.2) is 0 Å². The maximum absolute atomic E-state index is 12.9. The molecule has 172 valence electrons. The number of carbonyl (C=O) groups excluding carboxylic acids is 1. The van der Waals surface area contributed by atoms with Crippen LogP contribution >= 0.6 is 0 Å². The molecule has 0 aliphatic carbocycles. The molecule has 0 atom stereocenters. The molecule has 2 heterocycles. The second-order valence-corrected chi connectivity index (χ2v) is 7.69. The Morgan fingerprint density at radius 3 is 2.56 bits per heavy atom. The van der Waals surface area contributed by atoms with Crippen LogP contribution in [0.5, 0.6) is 0 Å². The number of anilines is 4. The highest BCUT2D eigenvalue weighted by molar-refractivity contribution is 6.05. The number of rotatable bonds is 8. The highest BCUT2D eigenvalue weighted by atomic mass is 16.1. The first kappa shape index (κ1) is 22.8. The maximum Gasteiger partial charge on any atom is 0.255 e. The number of nitrogens with zero attached hydrogens (tertiary/aromatic N) is 5. The van der Waals surface area contributed by atoms with Crippen LogP contribution in [0.2, 0.25) is 0 Å². The van der Waals surface area contributed by atoms with Crippen molar-refractivity contribution in [2.45, 2.75) is 20.8 Å². The van der Waals surface area contributed by atoms with Gasteiger partial charge < -0.3 is 15.5 Å². The molecule has 0 aliphatic heterocycles. The molecule has 0 bridgehead atoms. The fourth-order valence-electron chi connectivity index (χ4n) is 3.58. The van der Waals surface area contributed by atoms with E-state index in [2.05, 4.69) is 49.3 Å². The van der Waals surface area contributed by atoms with E-state index in [0.717, 1.165) is 30.0 Å². The van der Waals surface area contributed by atoms with Crippen LogP contribution in [-0.4, -0.2) is 38.9 Å². The summed E-state index contributed by atoms with van der Waals surface area (Å²) in [6.45, 7) is 7.95. The van der Waals surface area contributed by atoms with Crippen LogP contribution in [-0.2, 0) is 0 Å². The Kier molecular flexibility index (Phi) is 7.07. The third-order valence-electron chi connectivity index (χ3n) is 5.46. The van der Waals surface area contributed by atoms with Crippen LogP contribution in [0.25, 0.3) is 11.4 Å². The van der Waals surface area contributed by atoms with Gasteiger partial charge >= 0.3 is 0 Å². The summed E-state index contributed by atoms with van der Waals surface area (Å²) in [6.07, 6.45) is 6.57. The van der Waals surface area contributed by atoms with E-state index in [1.165, 1.54) is 0 Å². The Hall–Kier alpha value is -4.33. The molecule has 0 aliphatic rings. The monoisotopic (exact) mass is 453 g/mol. The molecule has 0 spiro atoms. The summed E-state index contributed by atoms with van der Waals surface area (Å²) in [5, 5.41) is 6.24. The van der Waals surface area contributed by atoms with Gasteiger partial charge in [0.1, 0.15) is 5.69 Å². The first-order chi connectivity index (χ1) is 16.6. The van der Waals surface area contributed by atoms with Gasteiger partial charge in [-0.2, -0.15) is 0 Å². The highest BCUT2D eigenvalue weighted by Gasteiger charge is 2.11. The molecule has 0 unspecified atom stereocenters. The SMILES string of the molecule is CCN(CC)c1cccc(C(=O)Nc2ccc(C)c(Nc3nccc(-c4cnccn4)n3)c2)c1. The van der Waals surface area contributed by atoms with E-state index in [4.69, 9.17) is 0 Å². The number of aromatic nitrogens is 4. The summed E-state index contributed by atoms with van der Waals surface area (Å²) in [5.41, 5.74) is 5.44. The lowest BCUT2D eigenvalue weighted by Gasteiger charge is -2.21. The molecular weight excluding hydrogens is 426 g/mol. The zero-order valence-electron chi connectivity index (χ0n) is 19.5. The van der Waals surface area contributed by atoms with Crippen LogP contribution in [0.15, 0.2) is 73.3 Å². The van der Waals surface area contributed by atoms with Crippen molar-refractivity contribution in [1.29, 1.82) is 0 Å². The second kappa shape index (κ2) is 10.5. The number of nitrogens with one attached hydrogen (secondary N) is 2. The second-order valence-electron chi connectivity index (χ2n) is 7.69. The molecular formula is C26H27N7O.